The zero-order valence-corrected chi connectivity index (χ0v) is 13.2. The minimum Gasteiger partial charge on any atom is -0.336 e. The molecule has 0 aliphatic rings. The van der Waals surface area contributed by atoms with E-state index in [9.17, 15) is 0 Å². The molecule has 0 atom stereocenters. The van der Waals surface area contributed by atoms with Crippen LogP contribution < -0.4 is 5.32 Å². The molecule has 96 valence electrons. The summed E-state index contributed by atoms with van der Waals surface area (Å²) < 4.78 is 3.66. The Balaban J connectivity index is 2.10. The summed E-state index contributed by atoms with van der Waals surface area (Å²) in [5.41, 5.74) is 2.94. The Morgan fingerprint density at radius 1 is 1.26 bits per heavy atom. The second-order valence-electron chi connectivity index (χ2n) is 4.18. The lowest BCUT2D eigenvalue weighted by molar-refractivity contribution is 1.10. The van der Waals surface area contributed by atoms with E-state index in [0.29, 0.717) is 5.82 Å². The van der Waals surface area contributed by atoms with Crippen LogP contribution in [-0.2, 0) is 0 Å². The lowest BCUT2D eigenvalue weighted by Crippen LogP contribution is -1.99. The summed E-state index contributed by atoms with van der Waals surface area (Å²) in [4.78, 5) is 8.75. The maximum atomic E-state index is 4.44. The molecule has 1 aromatic carbocycles. The van der Waals surface area contributed by atoms with Gasteiger partial charge in [0, 0.05) is 23.1 Å². The summed E-state index contributed by atoms with van der Waals surface area (Å²) >= 11 is 6.93. The van der Waals surface area contributed by atoms with Gasteiger partial charge in [-0.05, 0) is 56.5 Å². The third-order valence-corrected chi connectivity index (χ3v) is 3.79. The number of benzene rings is 1. The summed E-state index contributed by atoms with van der Waals surface area (Å²) in [5, 5.41) is 3.31. The number of hydrogen-bond acceptors (Lipinski definition) is 3. The van der Waals surface area contributed by atoms with Crippen molar-refractivity contribution in [1.82, 2.24) is 14.4 Å². The van der Waals surface area contributed by atoms with Crippen LogP contribution in [0.2, 0.25) is 0 Å². The Morgan fingerprint density at radius 2 is 2.11 bits per heavy atom. The van der Waals surface area contributed by atoms with Gasteiger partial charge in [0.25, 0.3) is 0 Å². The molecule has 0 aliphatic heterocycles. The SMILES string of the molecule is Cc1ccc(Br)c(Nc2nc(Br)cn3ccnc23)c1. The molecule has 0 unspecified atom stereocenters. The van der Waals surface area contributed by atoms with Crippen LogP contribution in [0.3, 0.4) is 0 Å². The van der Waals surface area contributed by atoms with Crippen molar-refractivity contribution in [3.05, 3.63) is 51.4 Å². The van der Waals surface area contributed by atoms with Crippen molar-refractivity contribution in [2.75, 3.05) is 5.32 Å². The van der Waals surface area contributed by atoms with Crippen LogP contribution >= 0.6 is 31.9 Å². The molecule has 0 bridgehead atoms. The van der Waals surface area contributed by atoms with Crippen LogP contribution in [0.4, 0.5) is 11.5 Å². The van der Waals surface area contributed by atoms with Crippen molar-refractivity contribution in [3.8, 4) is 0 Å². The first-order chi connectivity index (χ1) is 9.13. The average Bonchev–Trinajstić information content (AvgIpc) is 2.82. The quantitative estimate of drug-likeness (QED) is 0.719. The minimum absolute atomic E-state index is 0.714. The van der Waals surface area contributed by atoms with E-state index >= 15 is 0 Å². The van der Waals surface area contributed by atoms with Gasteiger partial charge in [-0.25, -0.2) is 9.97 Å². The predicted molar refractivity (Wildman–Crippen MR) is 82.8 cm³/mol. The first-order valence-corrected chi connectivity index (χ1v) is 7.24. The molecular formula is C13H10Br2N4. The van der Waals surface area contributed by atoms with Crippen LogP contribution in [0.25, 0.3) is 5.65 Å². The topological polar surface area (TPSA) is 42.2 Å². The van der Waals surface area contributed by atoms with Gasteiger partial charge in [0.05, 0.1) is 5.69 Å². The van der Waals surface area contributed by atoms with Gasteiger partial charge in [-0.2, -0.15) is 0 Å². The molecule has 6 heteroatoms. The van der Waals surface area contributed by atoms with E-state index in [4.69, 9.17) is 0 Å². The molecule has 1 N–H and O–H groups in total. The molecule has 0 aliphatic carbocycles. The Morgan fingerprint density at radius 3 is 2.95 bits per heavy atom. The largest absolute Gasteiger partial charge is 0.336 e. The molecule has 0 fully saturated rings. The molecule has 0 saturated carbocycles. The average molecular weight is 382 g/mol. The number of rotatable bonds is 2. The number of anilines is 2. The molecule has 0 amide bonds. The van der Waals surface area contributed by atoms with Crippen LogP contribution in [0.15, 0.2) is 45.9 Å². The second kappa shape index (κ2) is 4.94. The Labute approximate surface area is 127 Å². The van der Waals surface area contributed by atoms with Crippen molar-refractivity contribution in [2.24, 2.45) is 0 Å². The lowest BCUT2D eigenvalue weighted by atomic mass is 10.2. The molecule has 0 saturated heterocycles. The number of imidazole rings is 1. The van der Waals surface area contributed by atoms with Gasteiger partial charge in [0.15, 0.2) is 11.5 Å². The Bertz CT molecular complexity index is 751. The van der Waals surface area contributed by atoms with Gasteiger partial charge in [-0.15, -0.1) is 0 Å². The highest BCUT2D eigenvalue weighted by molar-refractivity contribution is 9.10. The number of nitrogens with one attached hydrogen (secondary N) is 1. The standard InChI is InChI=1S/C13H10Br2N4/c1-8-2-3-9(14)10(6-8)17-12-13-16-4-5-19(13)7-11(15)18-12/h2-7H,1H3,(H,17,18). The fraction of sp³-hybridized carbons (Fsp3) is 0.0769. The molecule has 0 radical (unpaired) electrons. The fourth-order valence-electron chi connectivity index (χ4n) is 1.85. The third-order valence-electron chi connectivity index (χ3n) is 2.72. The number of halogens is 2. The first kappa shape index (κ1) is 12.6. The number of aromatic nitrogens is 3. The van der Waals surface area contributed by atoms with Crippen molar-refractivity contribution in [1.29, 1.82) is 0 Å². The Hall–Kier alpha value is -1.40. The highest BCUT2D eigenvalue weighted by Crippen LogP contribution is 2.28. The lowest BCUT2D eigenvalue weighted by Gasteiger charge is -2.10. The molecule has 2 heterocycles. The van der Waals surface area contributed by atoms with Gasteiger partial charge in [-0.1, -0.05) is 6.07 Å². The van der Waals surface area contributed by atoms with Gasteiger partial charge in [-0.3, -0.25) is 0 Å². The van der Waals surface area contributed by atoms with Crippen molar-refractivity contribution >= 4 is 49.0 Å². The molecule has 2 aromatic heterocycles. The van der Waals surface area contributed by atoms with Crippen LogP contribution in [0.5, 0.6) is 0 Å². The Kier molecular flexibility index (Phi) is 3.28. The van der Waals surface area contributed by atoms with E-state index in [2.05, 4.69) is 66.2 Å². The smallest absolute Gasteiger partial charge is 0.180 e. The molecule has 19 heavy (non-hydrogen) atoms. The third kappa shape index (κ3) is 2.50. The molecule has 3 rings (SSSR count). The van der Waals surface area contributed by atoms with Gasteiger partial charge in [0.1, 0.15) is 4.60 Å². The first-order valence-electron chi connectivity index (χ1n) is 5.66. The van der Waals surface area contributed by atoms with Crippen molar-refractivity contribution in [2.45, 2.75) is 6.92 Å². The molecule has 4 nitrogen and oxygen atoms in total. The number of nitrogens with zero attached hydrogens (tertiary/aromatic N) is 3. The van der Waals surface area contributed by atoms with Crippen molar-refractivity contribution < 1.29 is 0 Å². The zero-order chi connectivity index (χ0) is 13.4. The number of fused-ring (bicyclic) bond motifs is 1. The van der Waals surface area contributed by atoms with Crippen LogP contribution in [0.1, 0.15) is 5.56 Å². The molecule has 0 spiro atoms. The zero-order valence-electron chi connectivity index (χ0n) is 10.1. The maximum Gasteiger partial charge on any atom is 0.180 e. The molecular weight excluding hydrogens is 372 g/mol. The van der Waals surface area contributed by atoms with Crippen LogP contribution in [0, 0.1) is 6.92 Å². The highest BCUT2D eigenvalue weighted by Gasteiger charge is 2.08. The summed E-state index contributed by atoms with van der Waals surface area (Å²) in [5.74, 6) is 0.714. The van der Waals surface area contributed by atoms with E-state index in [1.807, 2.05) is 22.9 Å². The summed E-state index contributed by atoms with van der Waals surface area (Å²) in [6.07, 6.45) is 5.51. The van der Waals surface area contributed by atoms with E-state index in [0.717, 1.165) is 20.4 Å². The molecule has 3 aromatic rings. The van der Waals surface area contributed by atoms with E-state index in [1.54, 1.807) is 6.20 Å². The predicted octanol–water partition coefficient (Wildman–Crippen LogP) is 4.31. The number of hydrogen-bond donors (Lipinski definition) is 1. The van der Waals surface area contributed by atoms with Crippen molar-refractivity contribution in [3.63, 3.8) is 0 Å². The monoisotopic (exact) mass is 380 g/mol. The minimum atomic E-state index is 0.714. The van der Waals surface area contributed by atoms with Gasteiger partial charge in [0.2, 0.25) is 0 Å². The normalized spacial score (nSPS) is 10.9. The summed E-state index contributed by atoms with van der Waals surface area (Å²) in [6, 6.07) is 6.12. The summed E-state index contributed by atoms with van der Waals surface area (Å²) in [6.45, 7) is 2.05. The number of aryl methyl sites for hydroxylation is 1. The summed E-state index contributed by atoms with van der Waals surface area (Å²) in [7, 11) is 0. The fourth-order valence-corrected chi connectivity index (χ4v) is 2.59. The van der Waals surface area contributed by atoms with E-state index in [-0.39, 0.29) is 0 Å². The van der Waals surface area contributed by atoms with E-state index < -0.39 is 0 Å². The highest BCUT2D eigenvalue weighted by atomic mass is 79.9. The van der Waals surface area contributed by atoms with E-state index in [1.165, 1.54) is 5.56 Å². The van der Waals surface area contributed by atoms with Crippen LogP contribution in [-0.4, -0.2) is 14.4 Å². The maximum absolute atomic E-state index is 4.44. The van der Waals surface area contributed by atoms with Gasteiger partial charge >= 0.3 is 0 Å². The second-order valence-corrected chi connectivity index (χ2v) is 5.85. The van der Waals surface area contributed by atoms with Gasteiger partial charge < -0.3 is 9.72 Å².